The van der Waals surface area contributed by atoms with E-state index in [1.807, 2.05) is 0 Å². The first-order valence-corrected chi connectivity index (χ1v) is 10.0. The van der Waals surface area contributed by atoms with Gasteiger partial charge in [0.05, 0.1) is 11.4 Å². The molecule has 0 amide bonds. The molecule has 0 aromatic carbocycles. The van der Waals surface area contributed by atoms with Gasteiger partial charge in [0, 0.05) is 11.4 Å². The summed E-state index contributed by atoms with van der Waals surface area (Å²) in [6.45, 7) is 4.19. The Morgan fingerprint density at radius 1 is 0.889 bits per heavy atom. The van der Waals surface area contributed by atoms with Crippen LogP contribution in [0.5, 0.6) is 0 Å². The van der Waals surface area contributed by atoms with Gasteiger partial charge in [-0.25, -0.2) is 0 Å². The Kier molecular flexibility index (Phi) is 5.33. The van der Waals surface area contributed by atoms with E-state index in [-0.39, 0.29) is 0 Å². The van der Waals surface area contributed by atoms with Gasteiger partial charge in [-0.1, -0.05) is 23.9 Å². The lowest BCUT2D eigenvalue weighted by Crippen LogP contribution is -2.15. The van der Waals surface area contributed by atoms with Crippen molar-refractivity contribution in [3.63, 3.8) is 0 Å². The second-order valence-corrected chi connectivity index (χ2v) is 7.51. The van der Waals surface area contributed by atoms with E-state index in [0.717, 1.165) is 79.9 Å². The van der Waals surface area contributed by atoms with E-state index in [9.17, 15) is 0 Å². The highest BCUT2D eigenvalue weighted by molar-refractivity contribution is 6.00. The number of fused-ring (bicyclic) bond motifs is 2. The monoisotopic (exact) mass is 361 g/mol. The predicted molar refractivity (Wildman–Crippen MR) is 109 cm³/mol. The van der Waals surface area contributed by atoms with Crippen molar-refractivity contribution in [2.45, 2.75) is 57.8 Å². The van der Waals surface area contributed by atoms with Gasteiger partial charge in [0.1, 0.15) is 12.8 Å². The van der Waals surface area contributed by atoms with Gasteiger partial charge < -0.3 is 4.84 Å². The van der Waals surface area contributed by atoms with E-state index >= 15 is 0 Å². The molecule has 2 aromatic heterocycles. The van der Waals surface area contributed by atoms with Gasteiger partial charge >= 0.3 is 0 Å². The van der Waals surface area contributed by atoms with Crippen LogP contribution < -0.4 is 0 Å². The van der Waals surface area contributed by atoms with Crippen molar-refractivity contribution in [1.29, 1.82) is 0 Å². The average Bonchev–Trinajstić information content (AvgIpc) is 2.69. The van der Waals surface area contributed by atoms with Gasteiger partial charge in [0.25, 0.3) is 0 Å². The molecule has 0 aliphatic heterocycles. The fourth-order valence-electron chi connectivity index (χ4n) is 4.12. The minimum Gasteiger partial charge on any atom is -0.399 e. The molecule has 2 aromatic rings. The summed E-state index contributed by atoms with van der Waals surface area (Å²) in [5, 5.41) is 4.18. The molecular formula is C23H27N3O. The highest BCUT2D eigenvalue weighted by atomic mass is 16.6. The lowest BCUT2D eigenvalue weighted by molar-refractivity contribution is 0.212. The summed E-state index contributed by atoms with van der Waals surface area (Å²) in [6.07, 6.45) is 9.51. The van der Waals surface area contributed by atoms with Crippen molar-refractivity contribution in [3.8, 4) is 0 Å². The maximum absolute atomic E-state index is 5.00. The zero-order valence-corrected chi connectivity index (χ0v) is 16.1. The molecule has 2 heterocycles. The van der Waals surface area contributed by atoms with Crippen molar-refractivity contribution in [2.75, 3.05) is 7.11 Å². The Hall–Kier alpha value is -2.49. The lowest BCUT2D eigenvalue weighted by atomic mass is 9.92. The van der Waals surface area contributed by atoms with E-state index < -0.39 is 0 Å². The molecule has 140 valence electrons. The molecule has 0 saturated carbocycles. The topological polar surface area (TPSA) is 47.4 Å². The van der Waals surface area contributed by atoms with Crippen LogP contribution in [0, 0.1) is 0 Å². The van der Waals surface area contributed by atoms with Crippen LogP contribution >= 0.6 is 0 Å². The fourth-order valence-corrected chi connectivity index (χ4v) is 4.12. The molecule has 4 nitrogen and oxygen atoms in total. The molecule has 0 radical (unpaired) electrons. The van der Waals surface area contributed by atoms with E-state index in [2.05, 4.69) is 36.0 Å². The second-order valence-electron chi connectivity index (χ2n) is 7.51. The number of allylic oxidation sites excluding steroid dienone is 1. The average molecular weight is 361 g/mol. The van der Waals surface area contributed by atoms with E-state index in [4.69, 9.17) is 14.8 Å². The van der Waals surface area contributed by atoms with Crippen molar-refractivity contribution in [2.24, 2.45) is 5.16 Å². The Morgan fingerprint density at radius 2 is 1.52 bits per heavy atom. The molecule has 0 bridgehead atoms. The van der Waals surface area contributed by atoms with Crippen LogP contribution in [0.15, 0.2) is 36.0 Å². The van der Waals surface area contributed by atoms with Crippen molar-refractivity contribution in [3.05, 3.63) is 64.7 Å². The number of hydrogen-bond acceptors (Lipinski definition) is 4. The molecule has 2 aliphatic rings. The number of hydrogen-bond donors (Lipinski definition) is 0. The van der Waals surface area contributed by atoms with Crippen molar-refractivity contribution < 1.29 is 4.84 Å². The SMILES string of the molecule is C=C1CCCc2ccc(CCCc3ccc4c(n3)/C(=N/OC)CCC4)nc21. The molecule has 0 atom stereocenters. The molecule has 0 unspecified atom stereocenters. The van der Waals surface area contributed by atoms with E-state index in [1.165, 1.54) is 23.1 Å². The van der Waals surface area contributed by atoms with Gasteiger partial charge in [-0.05, 0) is 86.6 Å². The third-order valence-corrected chi connectivity index (χ3v) is 5.53. The Bertz CT molecular complexity index is 885. The third kappa shape index (κ3) is 3.95. The third-order valence-electron chi connectivity index (χ3n) is 5.53. The molecule has 0 spiro atoms. The number of rotatable bonds is 5. The number of nitrogens with zero attached hydrogens (tertiary/aromatic N) is 3. The van der Waals surface area contributed by atoms with E-state index in [0.29, 0.717) is 0 Å². The van der Waals surface area contributed by atoms with Gasteiger partial charge in [-0.15, -0.1) is 0 Å². The van der Waals surface area contributed by atoms with Crippen molar-refractivity contribution >= 4 is 11.3 Å². The predicted octanol–water partition coefficient (Wildman–Crippen LogP) is 4.69. The number of pyridine rings is 2. The van der Waals surface area contributed by atoms with Crippen LogP contribution in [0.4, 0.5) is 0 Å². The summed E-state index contributed by atoms with van der Waals surface area (Å²) in [7, 11) is 1.60. The standard InChI is InChI=1S/C23H27N3O/c1-16-6-3-7-17-12-14-19(24-22(16)17)9-5-10-20-15-13-18-8-4-11-21(26-27-2)23(18)25-20/h12-15H,1,3-11H2,2H3/b26-21+. The number of aryl methyl sites for hydroxylation is 4. The highest BCUT2D eigenvalue weighted by Gasteiger charge is 2.18. The quantitative estimate of drug-likeness (QED) is 0.726. The van der Waals surface area contributed by atoms with Crippen LogP contribution in [0.1, 0.15) is 66.0 Å². The van der Waals surface area contributed by atoms with Gasteiger partial charge in [0.15, 0.2) is 0 Å². The Morgan fingerprint density at radius 3 is 2.22 bits per heavy atom. The second kappa shape index (κ2) is 8.03. The highest BCUT2D eigenvalue weighted by Crippen LogP contribution is 2.28. The first-order chi connectivity index (χ1) is 13.2. The first-order valence-electron chi connectivity index (χ1n) is 10.0. The summed E-state index contributed by atoms with van der Waals surface area (Å²) in [5.41, 5.74) is 9.29. The summed E-state index contributed by atoms with van der Waals surface area (Å²) < 4.78 is 0. The minimum atomic E-state index is 0.945. The zero-order chi connectivity index (χ0) is 18.6. The lowest BCUT2D eigenvalue weighted by Gasteiger charge is -2.18. The molecule has 27 heavy (non-hydrogen) atoms. The summed E-state index contributed by atoms with van der Waals surface area (Å²) in [5.74, 6) is 0. The largest absolute Gasteiger partial charge is 0.399 e. The summed E-state index contributed by atoms with van der Waals surface area (Å²) in [6, 6.07) is 8.80. The molecule has 4 rings (SSSR count). The van der Waals surface area contributed by atoms with Crippen LogP contribution in [0.25, 0.3) is 5.57 Å². The van der Waals surface area contributed by atoms with Gasteiger partial charge in [0.2, 0.25) is 0 Å². The maximum Gasteiger partial charge on any atom is 0.106 e. The first kappa shape index (κ1) is 17.9. The molecule has 0 saturated heterocycles. The van der Waals surface area contributed by atoms with Crippen LogP contribution in [-0.2, 0) is 30.5 Å². The summed E-state index contributed by atoms with van der Waals surface area (Å²) >= 11 is 0. The van der Waals surface area contributed by atoms with Crippen LogP contribution in [0.3, 0.4) is 0 Å². The molecular weight excluding hydrogens is 334 g/mol. The maximum atomic E-state index is 5.00. The smallest absolute Gasteiger partial charge is 0.106 e. The summed E-state index contributed by atoms with van der Waals surface area (Å²) in [4.78, 5) is 14.8. The van der Waals surface area contributed by atoms with Crippen LogP contribution in [-0.4, -0.2) is 22.8 Å². The van der Waals surface area contributed by atoms with E-state index in [1.54, 1.807) is 7.11 Å². The number of oxime groups is 1. The molecule has 2 aliphatic carbocycles. The number of aromatic nitrogens is 2. The Balaban J connectivity index is 1.43. The normalized spacial score (nSPS) is 17.5. The molecule has 0 N–H and O–H groups in total. The zero-order valence-electron chi connectivity index (χ0n) is 16.1. The van der Waals surface area contributed by atoms with Gasteiger partial charge in [-0.2, -0.15) is 0 Å². The van der Waals surface area contributed by atoms with Gasteiger partial charge in [-0.3, -0.25) is 9.97 Å². The fraction of sp³-hybridized carbons (Fsp3) is 0.435. The molecule has 0 fully saturated rings. The molecule has 4 heteroatoms. The Labute approximate surface area is 161 Å². The minimum absolute atomic E-state index is 0.945. The van der Waals surface area contributed by atoms with Crippen molar-refractivity contribution in [1.82, 2.24) is 9.97 Å². The van der Waals surface area contributed by atoms with Crippen LogP contribution in [0.2, 0.25) is 0 Å².